The fraction of sp³-hybridized carbons (Fsp3) is 0.533. The fourth-order valence-electron chi connectivity index (χ4n) is 2.71. The van der Waals surface area contributed by atoms with E-state index >= 15 is 0 Å². The van der Waals surface area contributed by atoms with Gasteiger partial charge in [-0.2, -0.15) is 4.31 Å². The van der Waals surface area contributed by atoms with Crippen LogP contribution in [0.25, 0.3) is 0 Å². The van der Waals surface area contributed by atoms with Crippen LogP contribution in [0.15, 0.2) is 23.1 Å². The molecule has 0 radical (unpaired) electrons. The molecule has 122 valence electrons. The third-order valence-corrected chi connectivity index (χ3v) is 5.85. The van der Waals surface area contributed by atoms with Crippen LogP contribution in [0.5, 0.6) is 5.75 Å². The summed E-state index contributed by atoms with van der Waals surface area (Å²) in [6, 6.07) is 4.61. The summed E-state index contributed by atoms with van der Waals surface area (Å²) in [4.78, 5) is 11.3. The highest BCUT2D eigenvalue weighted by Gasteiger charge is 2.33. The standard InChI is InChI=1S/C15H22N2O4S/c1-11-6-4-5-9-17(11)22(19,20)15-10-13(16-12(2)18)7-8-14(15)21-3/h7-8,10-11H,4-6,9H2,1-3H3,(H,16,18)/t11-/m0/s1. The maximum absolute atomic E-state index is 12.9. The lowest BCUT2D eigenvalue weighted by molar-refractivity contribution is -0.114. The second kappa shape index (κ2) is 6.66. The molecule has 1 aromatic carbocycles. The zero-order valence-corrected chi connectivity index (χ0v) is 13.9. The van der Waals surface area contributed by atoms with Gasteiger partial charge in [-0.25, -0.2) is 8.42 Å². The number of carbonyl (C=O) groups excluding carboxylic acids is 1. The number of anilines is 1. The molecule has 1 fully saturated rings. The van der Waals surface area contributed by atoms with E-state index in [1.54, 1.807) is 12.1 Å². The summed E-state index contributed by atoms with van der Waals surface area (Å²) in [6.07, 6.45) is 2.75. The Bertz CT molecular complexity index is 658. The maximum Gasteiger partial charge on any atom is 0.247 e. The minimum absolute atomic E-state index is 0.0344. The lowest BCUT2D eigenvalue weighted by atomic mass is 10.1. The predicted octanol–water partition coefficient (Wildman–Crippen LogP) is 2.22. The van der Waals surface area contributed by atoms with E-state index in [1.165, 1.54) is 24.4 Å². The number of rotatable bonds is 4. The molecule has 1 heterocycles. The van der Waals surface area contributed by atoms with Crippen molar-refractivity contribution in [3.05, 3.63) is 18.2 Å². The van der Waals surface area contributed by atoms with E-state index in [1.807, 2.05) is 6.92 Å². The molecule has 7 heteroatoms. The number of benzene rings is 1. The molecule has 1 N–H and O–H groups in total. The van der Waals surface area contributed by atoms with Crippen LogP contribution in [0.3, 0.4) is 0 Å². The van der Waals surface area contributed by atoms with Crippen LogP contribution in [-0.4, -0.2) is 38.3 Å². The number of piperidine rings is 1. The number of nitrogens with one attached hydrogen (secondary N) is 1. The molecular weight excluding hydrogens is 304 g/mol. The summed E-state index contributed by atoms with van der Waals surface area (Å²) < 4.78 is 32.6. The highest BCUT2D eigenvalue weighted by atomic mass is 32.2. The number of nitrogens with zero attached hydrogens (tertiary/aromatic N) is 1. The van der Waals surface area contributed by atoms with E-state index in [0.29, 0.717) is 12.2 Å². The molecule has 1 saturated heterocycles. The Morgan fingerprint density at radius 3 is 2.68 bits per heavy atom. The van der Waals surface area contributed by atoms with Gasteiger partial charge in [0.1, 0.15) is 10.6 Å². The van der Waals surface area contributed by atoms with Gasteiger partial charge in [0.25, 0.3) is 0 Å². The van der Waals surface area contributed by atoms with E-state index in [-0.39, 0.29) is 22.6 Å². The zero-order chi connectivity index (χ0) is 16.3. The van der Waals surface area contributed by atoms with Crippen LogP contribution >= 0.6 is 0 Å². The van der Waals surface area contributed by atoms with Gasteiger partial charge in [-0.3, -0.25) is 4.79 Å². The first-order valence-electron chi connectivity index (χ1n) is 7.33. The van der Waals surface area contributed by atoms with Crippen molar-refractivity contribution in [1.82, 2.24) is 4.31 Å². The number of methoxy groups -OCH3 is 1. The maximum atomic E-state index is 12.9. The smallest absolute Gasteiger partial charge is 0.247 e. The number of amides is 1. The second-order valence-corrected chi connectivity index (χ2v) is 7.37. The van der Waals surface area contributed by atoms with Gasteiger partial charge >= 0.3 is 0 Å². The molecule has 2 rings (SSSR count). The van der Waals surface area contributed by atoms with E-state index in [9.17, 15) is 13.2 Å². The van der Waals surface area contributed by atoms with Crippen LogP contribution in [0.4, 0.5) is 5.69 Å². The second-order valence-electron chi connectivity index (χ2n) is 5.51. The number of ether oxygens (including phenoxy) is 1. The Labute approximate surface area is 131 Å². The van der Waals surface area contributed by atoms with Gasteiger partial charge in [-0.1, -0.05) is 6.42 Å². The molecule has 0 bridgehead atoms. The van der Waals surface area contributed by atoms with Gasteiger partial charge < -0.3 is 10.1 Å². The molecule has 0 unspecified atom stereocenters. The summed E-state index contributed by atoms with van der Waals surface area (Å²) in [7, 11) is -2.22. The molecular formula is C15H22N2O4S. The van der Waals surface area contributed by atoms with Gasteiger partial charge in [0.05, 0.1) is 7.11 Å². The molecule has 0 spiro atoms. The van der Waals surface area contributed by atoms with Crippen LogP contribution in [-0.2, 0) is 14.8 Å². The summed E-state index contributed by atoms with van der Waals surface area (Å²) in [5.74, 6) is 0.0340. The lowest BCUT2D eigenvalue weighted by Crippen LogP contribution is -2.42. The first-order chi connectivity index (χ1) is 10.4. The summed E-state index contributed by atoms with van der Waals surface area (Å²) in [5.41, 5.74) is 0.441. The Hall–Kier alpha value is -1.60. The molecule has 22 heavy (non-hydrogen) atoms. The lowest BCUT2D eigenvalue weighted by Gasteiger charge is -2.32. The molecule has 0 aliphatic carbocycles. The van der Waals surface area contributed by atoms with Crippen molar-refractivity contribution in [3.63, 3.8) is 0 Å². The van der Waals surface area contributed by atoms with E-state index in [2.05, 4.69) is 5.32 Å². The molecule has 0 saturated carbocycles. The average Bonchev–Trinajstić information content (AvgIpc) is 2.47. The van der Waals surface area contributed by atoms with Crippen molar-refractivity contribution >= 4 is 21.6 Å². The van der Waals surface area contributed by atoms with E-state index in [0.717, 1.165) is 19.3 Å². The third kappa shape index (κ3) is 3.41. The van der Waals surface area contributed by atoms with E-state index < -0.39 is 10.0 Å². The van der Waals surface area contributed by atoms with Crippen LogP contribution in [0.1, 0.15) is 33.1 Å². The summed E-state index contributed by atoms with van der Waals surface area (Å²) in [5, 5.41) is 2.61. The Morgan fingerprint density at radius 2 is 2.09 bits per heavy atom. The molecule has 1 aliphatic heterocycles. The SMILES string of the molecule is COc1ccc(NC(C)=O)cc1S(=O)(=O)N1CCCC[C@@H]1C. The predicted molar refractivity (Wildman–Crippen MR) is 84.5 cm³/mol. The minimum atomic E-state index is -3.66. The zero-order valence-electron chi connectivity index (χ0n) is 13.1. The highest BCUT2D eigenvalue weighted by Crippen LogP contribution is 2.32. The van der Waals surface area contributed by atoms with Crippen LogP contribution in [0, 0.1) is 0 Å². The number of sulfonamides is 1. The topological polar surface area (TPSA) is 75.7 Å². The number of hydrogen-bond donors (Lipinski definition) is 1. The first-order valence-corrected chi connectivity index (χ1v) is 8.77. The van der Waals surface area contributed by atoms with Gasteiger partial charge in [-0.05, 0) is 38.0 Å². The molecule has 0 aromatic heterocycles. The normalized spacial score (nSPS) is 19.7. The number of hydrogen-bond acceptors (Lipinski definition) is 4. The van der Waals surface area contributed by atoms with Gasteiger partial charge in [0, 0.05) is 25.2 Å². The van der Waals surface area contributed by atoms with Gasteiger partial charge in [0.15, 0.2) is 0 Å². The van der Waals surface area contributed by atoms with Crippen LogP contribution in [0.2, 0.25) is 0 Å². The Balaban J connectivity index is 2.45. The molecule has 1 atom stereocenters. The van der Waals surface area contributed by atoms with Crippen molar-refractivity contribution in [3.8, 4) is 5.75 Å². The van der Waals surface area contributed by atoms with Gasteiger partial charge in [0.2, 0.25) is 15.9 Å². The Morgan fingerprint density at radius 1 is 1.36 bits per heavy atom. The third-order valence-electron chi connectivity index (χ3n) is 3.81. The molecule has 1 amide bonds. The summed E-state index contributed by atoms with van der Waals surface area (Å²) >= 11 is 0. The van der Waals surface area contributed by atoms with Crippen LogP contribution < -0.4 is 10.1 Å². The Kier molecular flexibility index (Phi) is 5.08. The van der Waals surface area contributed by atoms with Gasteiger partial charge in [-0.15, -0.1) is 0 Å². The average molecular weight is 326 g/mol. The summed E-state index contributed by atoms with van der Waals surface area (Å²) in [6.45, 7) is 3.81. The first kappa shape index (κ1) is 16.8. The van der Waals surface area contributed by atoms with E-state index in [4.69, 9.17) is 4.74 Å². The number of carbonyl (C=O) groups is 1. The van der Waals surface area contributed by atoms with Crippen molar-refractivity contribution in [2.24, 2.45) is 0 Å². The minimum Gasteiger partial charge on any atom is -0.495 e. The van der Waals surface area contributed by atoms with Crippen molar-refractivity contribution in [2.75, 3.05) is 19.0 Å². The molecule has 6 nitrogen and oxygen atoms in total. The fourth-order valence-corrected chi connectivity index (χ4v) is 4.60. The quantitative estimate of drug-likeness (QED) is 0.920. The molecule has 1 aromatic rings. The van der Waals surface area contributed by atoms with Crippen molar-refractivity contribution < 1.29 is 17.9 Å². The highest BCUT2D eigenvalue weighted by molar-refractivity contribution is 7.89. The molecule has 1 aliphatic rings. The van der Waals surface area contributed by atoms with Crippen molar-refractivity contribution in [2.45, 2.75) is 44.0 Å². The monoisotopic (exact) mass is 326 g/mol. The largest absolute Gasteiger partial charge is 0.495 e. The van der Waals surface area contributed by atoms with Crippen molar-refractivity contribution in [1.29, 1.82) is 0 Å².